The van der Waals surface area contributed by atoms with Crippen molar-refractivity contribution in [1.82, 2.24) is 19.9 Å². The Hall–Kier alpha value is -1.33. The summed E-state index contributed by atoms with van der Waals surface area (Å²) in [6, 6.07) is 0. The predicted octanol–water partition coefficient (Wildman–Crippen LogP) is 4.38. The van der Waals surface area contributed by atoms with E-state index in [1.54, 1.807) is 0 Å². The molecule has 0 radical (unpaired) electrons. The maximum atomic E-state index is 5.93. The molecule has 0 bridgehead atoms. The Morgan fingerprint density at radius 1 is 0.656 bits per heavy atom. The van der Waals surface area contributed by atoms with E-state index >= 15 is 0 Å². The number of hydrogen-bond acceptors (Lipinski definition) is 9. The second-order valence-corrected chi connectivity index (χ2v) is 7.12. The number of rotatable bonds is 12. The molecule has 180 valence electrons. The topological polar surface area (TPSA) is 115 Å². The number of nitrogens with zero attached hydrogens (tertiary/aromatic N) is 4. The molecule has 2 N–H and O–H groups in total. The van der Waals surface area contributed by atoms with Crippen LogP contribution in [0.2, 0.25) is 15.5 Å². The Kier molecular flexibility index (Phi) is 14.6. The maximum absolute atomic E-state index is 5.93. The van der Waals surface area contributed by atoms with Crippen molar-refractivity contribution in [3.8, 4) is 0 Å². The average Bonchev–Trinajstić information content (AvgIpc) is 2.74. The zero-order valence-corrected chi connectivity index (χ0v) is 21.0. The Bertz CT molecular complexity index is 686. The van der Waals surface area contributed by atoms with Gasteiger partial charge in [0.1, 0.15) is 33.9 Å². The lowest BCUT2D eigenvalue weighted by Crippen LogP contribution is -2.21. The minimum absolute atomic E-state index is 0.337. The van der Waals surface area contributed by atoms with Crippen LogP contribution in [0.4, 0.5) is 5.82 Å². The van der Waals surface area contributed by atoms with Crippen LogP contribution >= 0.6 is 34.8 Å². The quantitative estimate of drug-likeness (QED) is 0.328. The fourth-order valence-electron chi connectivity index (χ4n) is 2.54. The number of nitrogen functional groups attached to an aromatic ring is 1. The van der Waals surface area contributed by atoms with E-state index in [-0.39, 0.29) is 12.6 Å². The molecule has 32 heavy (non-hydrogen) atoms. The van der Waals surface area contributed by atoms with Crippen LogP contribution in [0.25, 0.3) is 0 Å². The summed E-state index contributed by atoms with van der Waals surface area (Å²) in [6.45, 7) is 9.86. The minimum Gasteiger partial charge on any atom is -0.383 e. The normalized spacial score (nSPS) is 11.0. The van der Waals surface area contributed by atoms with Gasteiger partial charge in [0.25, 0.3) is 0 Å². The monoisotopic (exact) mass is 509 g/mol. The van der Waals surface area contributed by atoms with Crippen molar-refractivity contribution in [2.75, 3.05) is 32.2 Å². The molecule has 0 spiro atoms. The standard InChI is InChI=1S/C10H14Cl2N2O2.C10H16ClN3O2/c2*1-3-15-8(16-4-2)5-7-9(11)13-6-14-10(7)12/h6,8H,3-5H2,1-2H3;6,8H,3-5H2,1-2H3,(H2,12,13,14). The maximum Gasteiger partial charge on any atom is 0.161 e. The van der Waals surface area contributed by atoms with Crippen molar-refractivity contribution in [2.45, 2.75) is 53.1 Å². The molecule has 0 amide bonds. The van der Waals surface area contributed by atoms with Crippen molar-refractivity contribution >= 4 is 40.6 Å². The highest BCUT2D eigenvalue weighted by Crippen LogP contribution is 2.22. The summed E-state index contributed by atoms with van der Waals surface area (Å²) in [6.07, 6.45) is 2.83. The van der Waals surface area contributed by atoms with Gasteiger partial charge in [0.2, 0.25) is 0 Å². The number of ether oxygens (including phenoxy) is 4. The summed E-state index contributed by atoms with van der Waals surface area (Å²) in [5.41, 5.74) is 7.03. The predicted molar refractivity (Wildman–Crippen MR) is 125 cm³/mol. The molecule has 0 saturated heterocycles. The fraction of sp³-hybridized carbons (Fsp3) is 0.600. The first kappa shape index (κ1) is 28.7. The molecule has 0 aromatic carbocycles. The van der Waals surface area contributed by atoms with Gasteiger partial charge in [-0.3, -0.25) is 0 Å². The molecule has 2 aromatic heterocycles. The van der Waals surface area contributed by atoms with E-state index in [0.29, 0.717) is 71.7 Å². The lowest BCUT2D eigenvalue weighted by molar-refractivity contribution is -0.134. The van der Waals surface area contributed by atoms with Gasteiger partial charge in [0, 0.05) is 50.4 Å². The van der Waals surface area contributed by atoms with Crippen molar-refractivity contribution in [2.24, 2.45) is 0 Å². The lowest BCUT2D eigenvalue weighted by atomic mass is 10.2. The Labute approximate surface area is 203 Å². The van der Waals surface area contributed by atoms with Crippen molar-refractivity contribution in [3.63, 3.8) is 0 Å². The molecule has 0 aliphatic rings. The summed E-state index contributed by atoms with van der Waals surface area (Å²) in [7, 11) is 0. The SMILES string of the molecule is CCOC(Cc1c(Cl)ncnc1Cl)OCC.CCOC(Cc1c(N)ncnc1Cl)OCC. The summed E-state index contributed by atoms with van der Waals surface area (Å²) < 4.78 is 21.6. The molecule has 0 saturated carbocycles. The number of anilines is 1. The van der Waals surface area contributed by atoms with Gasteiger partial charge in [0.05, 0.1) is 0 Å². The fourth-order valence-corrected chi connectivity index (χ4v) is 3.23. The molecule has 0 unspecified atom stereocenters. The van der Waals surface area contributed by atoms with E-state index in [9.17, 15) is 0 Å². The van der Waals surface area contributed by atoms with E-state index in [0.717, 1.165) is 0 Å². The first-order valence-electron chi connectivity index (χ1n) is 10.2. The molecule has 9 nitrogen and oxygen atoms in total. The van der Waals surface area contributed by atoms with E-state index in [4.69, 9.17) is 59.5 Å². The van der Waals surface area contributed by atoms with Crippen LogP contribution in [-0.2, 0) is 31.8 Å². The van der Waals surface area contributed by atoms with Gasteiger partial charge in [-0.05, 0) is 27.7 Å². The van der Waals surface area contributed by atoms with Crippen molar-refractivity contribution < 1.29 is 18.9 Å². The van der Waals surface area contributed by atoms with E-state index in [2.05, 4.69) is 19.9 Å². The Balaban J connectivity index is 0.000000320. The average molecular weight is 511 g/mol. The number of hydrogen-bond donors (Lipinski definition) is 1. The zero-order valence-electron chi connectivity index (χ0n) is 18.7. The first-order chi connectivity index (χ1) is 15.4. The number of halogens is 3. The van der Waals surface area contributed by atoms with Crippen LogP contribution in [0, 0.1) is 0 Å². The largest absolute Gasteiger partial charge is 0.383 e. The highest BCUT2D eigenvalue weighted by molar-refractivity contribution is 6.34. The molecule has 0 aliphatic carbocycles. The van der Waals surface area contributed by atoms with Crippen LogP contribution in [-0.4, -0.2) is 58.9 Å². The molecule has 2 heterocycles. The lowest BCUT2D eigenvalue weighted by Gasteiger charge is -2.17. The first-order valence-corrected chi connectivity index (χ1v) is 11.4. The van der Waals surface area contributed by atoms with Crippen molar-refractivity contribution in [1.29, 1.82) is 0 Å². The molecular formula is C20H30Cl3N5O4. The molecule has 0 atom stereocenters. The van der Waals surface area contributed by atoms with E-state index < -0.39 is 0 Å². The number of nitrogens with two attached hydrogens (primary N) is 1. The van der Waals surface area contributed by atoms with E-state index in [1.807, 2.05) is 27.7 Å². The minimum atomic E-state index is -0.365. The Morgan fingerprint density at radius 2 is 1.00 bits per heavy atom. The van der Waals surface area contributed by atoms with E-state index in [1.165, 1.54) is 12.7 Å². The van der Waals surface area contributed by atoms with Crippen LogP contribution in [0.3, 0.4) is 0 Å². The third kappa shape index (κ3) is 10.1. The van der Waals surface area contributed by atoms with Gasteiger partial charge in [-0.1, -0.05) is 34.8 Å². The molecule has 0 aliphatic heterocycles. The highest BCUT2D eigenvalue weighted by atomic mass is 35.5. The van der Waals surface area contributed by atoms with Crippen LogP contribution < -0.4 is 5.73 Å². The third-order valence-electron chi connectivity index (χ3n) is 3.92. The summed E-state index contributed by atoms with van der Waals surface area (Å²) in [4.78, 5) is 15.5. The van der Waals surface area contributed by atoms with Gasteiger partial charge in [-0.15, -0.1) is 0 Å². The van der Waals surface area contributed by atoms with Gasteiger partial charge in [0.15, 0.2) is 12.6 Å². The zero-order chi connectivity index (χ0) is 23.9. The van der Waals surface area contributed by atoms with Gasteiger partial charge < -0.3 is 24.7 Å². The third-order valence-corrected chi connectivity index (χ3v) is 4.90. The van der Waals surface area contributed by atoms with Crippen LogP contribution in [0.5, 0.6) is 0 Å². The highest BCUT2D eigenvalue weighted by Gasteiger charge is 2.16. The Morgan fingerprint density at radius 3 is 1.38 bits per heavy atom. The van der Waals surface area contributed by atoms with Crippen LogP contribution in [0.15, 0.2) is 12.7 Å². The van der Waals surface area contributed by atoms with Crippen LogP contribution in [0.1, 0.15) is 38.8 Å². The second kappa shape index (κ2) is 16.3. The molecule has 2 rings (SSSR count). The number of aromatic nitrogens is 4. The van der Waals surface area contributed by atoms with Crippen molar-refractivity contribution in [3.05, 3.63) is 39.2 Å². The summed E-state index contributed by atoms with van der Waals surface area (Å²) in [5.74, 6) is 0.365. The van der Waals surface area contributed by atoms with Gasteiger partial charge in [-0.2, -0.15) is 0 Å². The van der Waals surface area contributed by atoms with Gasteiger partial charge >= 0.3 is 0 Å². The molecule has 12 heteroatoms. The molecular weight excluding hydrogens is 481 g/mol. The molecule has 0 fully saturated rings. The molecule has 2 aromatic rings. The summed E-state index contributed by atoms with van der Waals surface area (Å²) >= 11 is 17.8. The second-order valence-electron chi connectivity index (χ2n) is 6.05. The summed E-state index contributed by atoms with van der Waals surface area (Å²) in [5, 5.41) is 1.02. The van der Waals surface area contributed by atoms with Gasteiger partial charge in [-0.25, -0.2) is 19.9 Å². The smallest absolute Gasteiger partial charge is 0.161 e.